The zero-order valence-corrected chi connectivity index (χ0v) is 6.99. The molecule has 0 bridgehead atoms. The van der Waals surface area contributed by atoms with E-state index < -0.39 is 0 Å². The Morgan fingerprint density at radius 2 is 2.42 bits per heavy atom. The highest BCUT2D eigenvalue weighted by molar-refractivity contribution is 6.84. The van der Waals surface area contributed by atoms with Crippen LogP contribution in [0.4, 0.5) is 0 Å². The van der Waals surface area contributed by atoms with Gasteiger partial charge in [0, 0.05) is 12.6 Å². The highest BCUT2D eigenvalue weighted by Crippen LogP contribution is 2.04. The van der Waals surface area contributed by atoms with Crippen molar-refractivity contribution < 1.29 is 0 Å². The molecule has 1 aliphatic rings. The second kappa shape index (κ2) is 3.87. The van der Waals surface area contributed by atoms with Crippen LogP contribution in [0.25, 0.3) is 0 Å². The first-order valence-corrected chi connectivity index (χ1v) is 3.61. The molecule has 0 aromatic rings. The molecule has 0 aromatic carbocycles. The number of hydrazone groups is 1. The summed E-state index contributed by atoms with van der Waals surface area (Å²) in [6, 6.07) is 0. The molecule has 0 amide bonds. The van der Waals surface area contributed by atoms with Crippen LogP contribution in [0.3, 0.4) is 0 Å². The number of aliphatic imine (C=N–C) groups is 2. The van der Waals surface area contributed by atoms with Gasteiger partial charge in [0.15, 0.2) is 5.17 Å². The van der Waals surface area contributed by atoms with Crippen molar-refractivity contribution >= 4 is 28.4 Å². The third-order valence-electron chi connectivity index (χ3n) is 1.22. The largest absolute Gasteiger partial charge is 0.367 e. The van der Waals surface area contributed by atoms with Gasteiger partial charge in [-0.25, -0.2) is 9.98 Å². The molecule has 0 fully saturated rings. The summed E-state index contributed by atoms with van der Waals surface area (Å²) in [5, 5.41) is 3.51. The molecule has 0 saturated carbocycles. The Kier molecular flexibility index (Phi) is 2.82. The Bertz CT molecular complexity index is 288. The van der Waals surface area contributed by atoms with E-state index in [1.54, 1.807) is 6.20 Å². The van der Waals surface area contributed by atoms with Gasteiger partial charge in [-0.05, 0) is 0 Å². The summed E-state index contributed by atoms with van der Waals surface area (Å²) in [6.07, 6.45) is 4.02. The van der Waals surface area contributed by atoms with Crippen LogP contribution in [0.2, 0.25) is 0 Å². The topological polar surface area (TPSA) is 89.1 Å². The molecule has 0 unspecified atom stereocenters. The van der Waals surface area contributed by atoms with Gasteiger partial charge in [0.25, 0.3) is 0 Å². The minimum atomic E-state index is -0.00588. The SMILES string of the molecule is NN=C(N)N=C1CC=CN=C1Cl. The number of guanidine groups is 1. The van der Waals surface area contributed by atoms with Gasteiger partial charge < -0.3 is 11.6 Å². The molecule has 4 N–H and O–H groups in total. The average Bonchev–Trinajstić information content (AvgIpc) is 2.09. The number of nitrogens with two attached hydrogens (primary N) is 2. The van der Waals surface area contributed by atoms with Crippen molar-refractivity contribution in [3.63, 3.8) is 0 Å². The average molecular weight is 186 g/mol. The number of rotatable bonds is 0. The second-order valence-corrected chi connectivity index (χ2v) is 2.41. The fourth-order valence-electron chi connectivity index (χ4n) is 0.700. The first kappa shape index (κ1) is 8.73. The lowest BCUT2D eigenvalue weighted by atomic mass is 10.2. The predicted molar refractivity (Wildman–Crippen MR) is 50.3 cm³/mol. The zero-order valence-electron chi connectivity index (χ0n) is 6.24. The van der Waals surface area contributed by atoms with Gasteiger partial charge >= 0.3 is 0 Å². The molecule has 0 aliphatic carbocycles. The quantitative estimate of drug-likeness (QED) is 0.244. The highest BCUT2D eigenvalue weighted by atomic mass is 35.5. The number of hydrogen-bond donors (Lipinski definition) is 2. The van der Waals surface area contributed by atoms with E-state index in [0.29, 0.717) is 17.3 Å². The van der Waals surface area contributed by atoms with Crippen molar-refractivity contribution in [2.45, 2.75) is 6.42 Å². The van der Waals surface area contributed by atoms with E-state index in [4.69, 9.17) is 23.2 Å². The Morgan fingerprint density at radius 1 is 1.67 bits per heavy atom. The first-order valence-electron chi connectivity index (χ1n) is 3.23. The highest BCUT2D eigenvalue weighted by Gasteiger charge is 2.07. The molecule has 0 spiro atoms. The van der Waals surface area contributed by atoms with Crippen LogP contribution in [0.15, 0.2) is 27.4 Å². The lowest BCUT2D eigenvalue weighted by Crippen LogP contribution is -2.18. The van der Waals surface area contributed by atoms with Crippen molar-refractivity contribution in [2.75, 3.05) is 0 Å². The minimum absolute atomic E-state index is 0.00588. The maximum atomic E-state index is 5.70. The summed E-state index contributed by atoms with van der Waals surface area (Å²) in [7, 11) is 0. The van der Waals surface area contributed by atoms with Gasteiger partial charge in [-0.15, -0.1) is 5.10 Å². The number of nitrogens with zero attached hydrogens (tertiary/aromatic N) is 3. The lowest BCUT2D eigenvalue weighted by molar-refractivity contribution is 1.21. The number of allylic oxidation sites excluding steroid dienone is 1. The summed E-state index contributed by atoms with van der Waals surface area (Å²) >= 11 is 5.70. The maximum Gasteiger partial charge on any atom is 0.237 e. The zero-order chi connectivity index (χ0) is 8.97. The molecule has 0 atom stereocenters. The van der Waals surface area contributed by atoms with Crippen molar-refractivity contribution in [3.8, 4) is 0 Å². The van der Waals surface area contributed by atoms with E-state index in [1.807, 2.05) is 6.08 Å². The van der Waals surface area contributed by atoms with Crippen molar-refractivity contribution in [1.82, 2.24) is 0 Å². The molecule has 5 nitrogen and oxygen atoms in total. The molecule has 6 heteroatoms. The third kappa shape index (κ3) is 2.06. The summed E-state index contributed by atoms with van der Waals surface area (Å²) in [6.45, 7) is 0. The van der Waals surface area contributed by atoms with Crippen molar-refractivity contribution in [2.24, 2.45) is 26.7 Å². The van der Waals surface area contributed by atoms with Gasteiger partial charge in [0.2, 0.25) is 5.96 Å². The summed E-state index contributed by atoms with van der Waals surface area (Å²) in [4.78, 5) is 7.66. The Hall–Kier alpha value is -1.36. The number of halogens is 1. The van der Waals surface area contributed by atoms with Gasteiger partial charge in [-0.2, -0.15) is 0 Å². The Morgan fingerprint density at radius 3 is 3.00 bits per heavy atom. The molecule has 0 radical (unpaired) electrons. The van der Waals surface area contributed by atoms with E-state index in [2.05, 4.69) is 15.1 Å². The molecular weight excluding hydrogens is 178 g/mol. The first-order chi connectivity index (χ1) is 5.74. The summed E-state index contributed by atoms with van der Waals surface area (Å²) in [5.74, 6) is 4.88. The van der Waals surface area contributed by atoms with Crippen LogP contribution in [0.5, 0.6) is 0 Å². The second-order valence-electron chi connectivity index (χ2n) is 2.05. The molecular formula is C6H8ClN5. The van der Waals surface area contributed by atoms with Crippen LogP contribution in [-0.4, -0.2) is 16.8 Å². The Labute approximate surface area is 74.5 Å². The molecule has 64 valence electrons. The van der Waals surface area contributed by atoms with Crippen LogP contribution in [0.1, 0.15) is 6.42 Å². The number of hydrogen-bond acceptors (Lipinski definition) is 3. The van der Waals surface area contributed by atoms with Crippen LogP contribution in [-0.2, 0) is 0 Å². The normalized spacial score (nSPS) is 21.2. The van der Waals surface area contributed by atoms with E-state index in [1.165, 1.54) is 0 Å². The van der Waals surface area contributed by atoms with E-state index in [9.17, 15) is 0 Å². The van der Waals surface area contributed by atoms with Crippen LogP contribution in [0, 0.1) is 0 Å². The molecule has 1 rings (SSSR count). The van der Waals surface area contributed by atoms with Crippen LogP contribution < -0.4 is 11.6 Å². The monoisotopic (exact) mass is 185 g/mol. The smallest absolute Gasteiger partial charge is 0.237 e. The summed E-state index contributed by atoms with van der Waals surface area (Å²) in [5.41, 5.74) is 5.84. The predicted octanol–water partition coefficient (Wildman–Crippen LogP) is 0.170. The third-order valence-corrected chi connectivity index (χ3v) is 1.54. The van der Waals surface area contributed by atoms with E-state index >= 15 is 0 Å². The van der Waals surface area contributed by atoms with Crippen molar-refractivity contribution in [1.29, 1.82) is 0 Å². The fourth-order valence-corrected chi connectivity index (χ4v) is 0.876. The molecule has 12 heavy (non-hydrogen) atoms. The van der Waals surface area contributed by atoms with E-state index in [0.717, 1.165) is 0 Å². The standard InChI is InChI=1S/C6H8ClN5/c7-5-4(2-1-3-10-5)11-6(8)12-9/h1,3H,2,9H2,(H2,8,12). The fraction of sp³-hybridized carbons (Fsp3) is 0.167. The lowest BCUT2D eigenvalue weighted by Gasteiger charge is -2.03. The van der Waals surface area contributed by atoms with Gasteiger partial charge in [0.05, 0.1) is 5.71 Å². The van der Waals surface area contributed by atoms with Gasteiger partial charge in [-0.1, -0.05) is 17.7 Å². The maximum absolute atomic E-state index is 5.70. The van der Waals surface area contributed by atoms with Gasteiger partial charge in [-0.3, -0.25) is 0 Å². The van der Waals surface area contributed by atoms with Gasteiger partial charge in [0.1, 0.15) is 0 Å². The van der Waals surface area contributed by atoms with Crippen molar-refractivity contribution in [3.05, 3.63) is 12.3 Å². The molecule has 1 heterocycles. The van der Waals surface area contributed by atoms with Crippen LogP contribution >= 0.6 is 11.6 Å². The molecule has 0 aromatic heterocycles. The van der Waals surface area contributed by atoms with E-state index in [-0.39, 0.29) is 5.96 Å². The minimum Gasteiger partial charge on any atom is -0.367 e. The molecule has 1 aliphatic heterocycles. The molecule has 0 saturated heterocycles. The summed E-state index contributed by atoms with van der Waals surface area (Å²) < 4.78 is 0. The Balaban J connectivity index is 2.84.